The lowest BCUT2D eigenvalue weighted by Crippen LogP contribution is -2.57. The summed E-state index contributed by atoms with van der Waals surface area (Å²) in [4.78, 5) is 5.87. The Labute approximate surface area is 129 Å². The van der Waals surface area contributed by atoms with Crippen LogP contribution in [0.3, 0.4) is 0 Å². The highest BCUT2D eigenvalue weighted by molar-refractivity contribution is 7.89. The molecule has 1 saturated carbocycles. The second-order valence-corrected chi connectivity index (χ2v) is 7.77. The summed E-state index contributed by atoms with van der Waals surface area (Å²) in [6, 6.07) is 1.31. The molecule has 5 nitrogen and oxygen atoms in total. The van der Waals surface area contributed by atoms with Crippen LogP contribution >= 0.6 is 23.2 Å². The third-order valence-electron chi connectivity index (χ3n) is 3.91. The highest BCUT2D eigenvalue weighted by atomic mass is 35.5. The minimum Gasteiger partial charge on any atom is -0.302 e. The molecule has 1 aliphatic carbocycles. The molecule has 20 heavy (non-hydrogen) atoms. The van der Waals surface area contributed by atoms with Crippen LogP contribution in [0.2, 0.25) is 10.2 Å². The van der Waals surface area contributed by atoms with E-state index in [1.807, 2.05) is 14.1 Å². The Hall–Kier alpha value is -0.400. The van der Waals surface area contributed by atoms with E-state index in [-0.39, 0.29) is 20.6 Å². The zero-order valence-electron chi connectivity index (χ0n) is 11.4. The number of likely N-dealkylation sites (N-methyl/N-ethyl adjacent to an activating group) is 1. The van der Waals surface area contributed by atoms with Crippen molar-refractivity contribution in [3.05, 3.63) is 22.4 Å². The normalized spacial score (nSPS) is 18.1. The molecule has 0 aliphatic heterocycles. The highest BCUT2D eigenvalue weighted by Crippen LogP contribution is 2.35. The molecule has 2 rings (SSSR count). The number of pyridine rings is 1. The Morgan fingerprint density at radius 3 is 2.50 bits per heavy atom. The molecular weight excluding hydrogens is 321 g/mol. The van der Waals surface area contributed by atoms with Crippen molar-refractivity contribution >= 4 is 33.2 Å². The van der Waals surface area contributed by atoms with Crippen molar-refractivity contribution in [3.8, 4) is 0 Å². The van der Waals surface area contributed by atoms with Gasteiger partial charge in [-0.25, -0.2) is 18.1 Å². The molecule has 0 aromatic carbocycles. The zero-order chi connectivity index (χ0) is 15.0. The molecule has 8 heteroatoms. The second kappa shape index (κ2) is 5.77. The van der Waals surface area contributed by atoms with E-state index in [9.17, 15) is 8.42 Å². The Morgan fingerprint density at radius 1 is 1.40 bits per heavy atom. The molecule has 0 spiro atoms. The van der Waals surface area contributed by atoms with E-state index < -0.39 is 10.0 Å². The summed E-state index contributed by atoms with van der Waals surface area (Å²) in [6.07, 6.45) is 4.30. The predicted octanol–water partition coefficient (Wildman–Crippen LogP) is 2.15. The van der Waals surface area contributed by atoms with Crippen LogP contribution in [0.1, 0.15) is 19.3 Å². The molecule has 0 radical (unpaired) electrons. The van der Waals surface area contributed by atoms with Gasteiger partial charge in [-0.2, -0.15) is 0 Å². The highest BCUT2D eigenvalue weighted by Gasteiger charge is 2.39. The standard InChI is InChI=1S/C12H17Cl2N3O2S/c1-17(2)12(4-3-5-12)8-16-20(18,19)9-6-10(13)11(14)15-7-9/h6-7,16H,3-5,8H2,1-2H3. The zero-order valence-corrected chi connectivity index (χ0v) is 13.7. The summed E-state index contributed by atoms with van der Waals surface area (Å²) >= 11 is 11.5. The Morgan fingerprint density at radius 2 is 2.05 bits per heavy atom. The van der Waals surface area contributed by atoms with Crippen LogP contribution in [-0.2, 0) is 10.0 Å². The van der Waals surface area contributed by atoms with Gasteiger partial charge >= 0.3 is 0 Å². The maximum Gasteiger partial charge on any atom is 0.242 e. The van der Waals surface area contributed by atoms with E-state index in [0.717, 1.165) is 19.3 Å². The number of aromatic nitrogens is 1. The molecule has 0 atom stereocenters. The van der Waals surface area contributed by atoms with Crippen molar-refractivity contribution in [1.29, 1.82) is 0 Å². The van der Waals surface area contributed by atoms with Crippen LogP contribution in [0.25, 0.3) is 0 Å². The van der Waals surface area contributed by atoms with Gasteiger partial charge in [0.2, 0.25) is 10.0 Å². The van der Waals surface area contributed by atoms with Gasteiger partial charge in [-0.3, -0.25) is 0 Å². The fourth-order valence-corrected chi connectivity index (χ4v) is 3.65. The van der Waals surface area contributed by atoms with E-state index in [2.05, 4.69) is 14.6 Å². The first-order valence-corrected chi connectivity index (χ1v) is 8.49. The maximum atomic E-state index is 12.2. The van der Waals surface area contributed by atoms with Crippen molar-refractivity contribution in [2.24, 2.45) is 0 Å². The molecule has 1 heterocycles. The fourth-order valence-electron chi connectivity index (χ4n) is 2.23. The van der Waals surface area contributed by atoms with Crippen LogP contribution in [0.15, 0.2) is 17.2 Å². The van der Waals surface area contributed by atoms with Gasteiger partial charge in [0.15, 0.2) is 0 Å². The van der Waals surface area contributed by atoms with E-state index in [4.69, 9.17) is 23.2 Å². The van der Waals surface area contributed by atoms with Crippen LogP contribution in [-0.4, -0.2) is 44.5 Å². The number of hydrogen-bond donors (Lipinski definition) is 1. The predicted molar refractivity (Wildman–Crippen MR) is 79.7 cm³/mol. The fraction of sp³-hybridized carbons (Fsp3) is 0.583. The number of rotatable bonds is 5. The SMILES string of the molecule is CN(C)C1(CNS(=O)(=O)c2cnc(Cl)c(Cl)c2)CCC1. The van der Waals surface area contributed by atoms with Crippen LogP contribution in [0.5, 0.6) is 0 Å². The minimum atomic E-state index is -3.62. The summed E-state index contributed by atoms with van der Waals surface area (Å²) in [5.74, 6) is 0. The second-order valence-electron chi connectivity index (χ2n) is 5.24. The van der Waals surface area contributed by atoms with Crippen molar-refractivity contribution in [3.63, 3.8) is 0 Å². The summed E-state index contributed by atoms with van der Waals surface area (Å²) in [5.41, 5.74) is -0.0866. The first kappa shape index (κ1) is 16.0. The van der Waals surface area contributed by atoms with E-state index in [1.54, 1.807) is 0 Å². The molecule has 0 amide bonds. The van der Waals surface area contributed by atoms with Gasteiger partial charge < -0.3 is 4.90 Å². The molecule has 0 saturated heterocycles. The molecule has 0 bridgehead atoms. The van der Waals surface area contributed by atoms with Gasteiger partial charge in [-0.1, -0.05) is 23.2 Å². The molecule has 1 aromatic heterocycles. The van der Waals surface area contributed by atoms with Gasteiger partial charge in [0.25, 0.3) is 0 Å². The third kappa shape index (κ3) is 3.09. The molecule has 112 valence electrons. The summed E-state index contributed by atoms with van der Waals surface area (Å²) in [5, 5.41) is 0.217. The lowest BCUT2D eigenvalue weighted by atomic mass is 9.76. The summed E-state index contributed by atoms with van der Waals surface area (Å²) < 4.78 is 27.1. The molecule has 1 N–H and O–H groups in total. The third-order valence-corrected chi connectivity index (χ3v) is 5.96. The van der Waals surface area contributed by atoms with Gasteiger partial charge in [-0.15, -0.1) is 0 Å². The van der Waals surface area contributed by atoms with Crippen molar-refractivity contribution in [2.75, 3.05) is 20.6 Å². The van der Waals surface area contributed by atoms with Crippen molar-refractivity contribution in [2.45, 2.75) is 29.7 Å². The van der Waals surface area contributed by atoms with Crippen LogP contribution in [0.4, 0.5) is 0 Å². The van der Waals surface area contributed by atoms with Crippen LogP contribution < -0.4 is 4.72 Å². The Kier molecular flexibility index (Phi) is 4.61. The molecular formula is C12H17Cl2N3O2S. The number of nitrogens with zero attached hydrogens (tertiary/aromatic N) is 2. The van der Waals surface area contributed by atoms with Crippen molar-refractivity contribution in [1.82, 2.24) is 14.6 Å². The average Bonchev–Trinajstić information content (AvgIpc) is 2.30. The summed E-state index contributed by atoms with van der Waals surface area (Å²) in [7, 11) is 0.308. The topological polar surface area (TPSA) is 62.3 Å². The minimum absolute atomic E-state index is 0.0279. The van der Waals surface area contributed by atoms with Gasteiger partial charge in [-0.05, 0) is 39.4 Å². The quantitative estimate of drug-likeness (QED) is 0.836. The summed E-state index contributed by atoms with van der Waals surface area (Å²) in [6.45, 7) is 0.378. The smallest absolute Gasteiger partial charge is 0.242 e. The Bertz CT molecular complexity index is 601. The van der Waals surface area contributed by atoms with Gasteiger partial charge in [0.05, 0.1) is 5.02 Å². The lowest BCUT2D eigenvalue weighted by molar-refractivity contribution is 0.0657. The monoisotopic (exact) mass is 337 g/mol. The van der Waals surface area contributed by atoms with E-state index in [0.29, 0.717) is 6.54 Å². The Balaban J connectivity index is 2.13. The molecule has 1 aliphatic rings. The maximum absolute atomic E-state index is 12.2. The van der Waals surface area contributed by atoms with Gasteiger partial charge in [0, 0.05) is 18.3 Å². The first-order chi connectivity index (χ1) is 9.27. The lowest BCUT2D eigenvalue weighted by Gasteiger charge is -2.47. The van der Waals surface area contributed by atoms with E-state index in [1.165, 1.54) is 12.3 Å². The first-order valence-electron chi connectivity index (χ1n) is 6.25. The number of hydrogen-bond acceptors (Lipinski definition) is 4. The van der Waals surface area contributed by atoms with Crippen LogP contribution in [0, 0.1) is 0 Å². The average molecular weight is 338 g/mol. The van der Waals surface area contributed by atoms with Crippen molar-refractivity contribution < 1.29 is 8.42 Å². The number of halogens is 2. The molecule has 1 fully saturated rings. The van der Waals surface area contributed by atoms with Gasteiger partial charge in [0.1, 0.15) is 10.0 Å². The number of nitrogens with one attached hydrogen (secondary N) is 1. The molecule has 1 aromatic rings. The number of sulfonamides is 1. The largest absolute Gasteiger partial charge is 0.302 e. The molecule has 0 unspecified atom stereocenters. The van der Waals surface area contributed by atoms with E-state index >= 15 is 0 Å².